The Morgan fingerprint density at radius 1 is 0.824 bits per heavy atom. The Morgan fingerprint density at radius 2 is 1.47 bits per heavy atom. The summed E-state index contributed by atoms with van der Waals surface area (Å²) in [6, 6.07) is 18.8. The highest BCUT2D eigenvalue weighted by atomic mass is 32.2. The predicted molar refractivity (Wildman–Crippen MR) is 138 cm³/mol. The number of benzene rings is 3. The van der Waals surface area contributed by atoms with Crippen molar-refractivity contribution < 1.29 is 22.6 Å². The molecule has 34 heavy (non-hydrogen) atoms. The van der Waals surface area contributed by atoms with Crippen molar-refractivity contribution in [2.24, 2.45) is 0 Å². The van der Waals surface area contributed by atoms with Gasteiger partial charge >= 0.3 is 0 Å². The van der Waals surface area contributed by atoms with Crippen LogP contribution in [0, 0.1) is 0 Å². The van der Waals surface area contributed by atoms with Crippen molar-refractivity contribution in [1.82, 2.24) is 5.32 Å². The molecule has 0 aliphatic heterocycles. The van der Waals surface area contributed by atoms with E-state index in [4.69, 9.17) is 26.4 Å². The quantitative estimate of drug-likeness (QED) is 0.358. The number of hydrogen-bond acceptors (Lipinski definition) is 6. The van der Waals surface area contributed by atoms with Gasteiger partial charge in [-0.2, -0.15) is 0 Å². The lowest BCUT2D eigenvalue weighted by Crippen LogP contribution is -2.30. The molecule has 0 heterocycles. The van der Waals surface area contributed by atoms with Crippen molar-refractivity contribution in [3.8, 4) is 17.2 Å². The van der Waals surface area contributed by atoms with Gasteiger partial charge in [0.2, 0.25) is 0 Å². The van der Waals surface area contributed by atoms with Crippen LogP contribution >= 0.6 is 12.2 Å². The zero-order valence-corrected chi connectivity index (χ0v) is 20.8. The standard InChI is InChI=1S/C24H27N3O5S2/c1-30-20-9-5-19(6-10-20)27-34(28,29)21-11-7-18(8-12-21)26-24(33)25-15-14-17-4-13-22(31-2)23(16-17)32-3/h4-13,16,27H,14-15H2,1-3H3,(H2,25,26,33). The minimum atomic E-state index is -3.72. The Hall–Kier alpha value is -3.50. The molecule has 0 aromatic heterocycles. The lowest BCUT2D eigenvalue weighted by atomic mass is 10.1. The monoisotopic (exact) mass is 501 g/mol. The maximum absolute atomic E-state index is 12.6. The highest BCUT2D eigenvalue weighted by Gasteiger charge is 2.14. The summed E-state index contributed by atoms with van der Waals surface area (Å²) in [7, 11) is 1.03. The van der Waals surface area contributed by atoms with Crippen LogP contribution in [0.3, 0.4) is 0 Å². The SMILES string of the molecule is COc1ccc(NS(=O)(=O)c2ccc(NC(=S)NCCc3ccc(OC)c(OC)c3)cc2)cc1. The van der Waals surface area contributed by atoms with E-state index < -0.39 is 10.0 Å². The fourth-order valence-electron chi connectivity index (χ4n) is 3.12. The number of rotatable bonds is 10. The fraction of sp³-hybridized carbons (Fsp3) is 0.208. The Labute approximate surface area is 205 Å². The van der Waals surface area contributed by atoms with E-state index in [0.29, 0.717) is 40.3 Å². The van der Waals surface area contributed by atoms with Crippen LogP contribution in [-0.2, 0) is 16.4 Å². The van der Waals surface area contributed by atoms with Gasteiger partial charge in [-0.05, 0) is 84.9 Å². The number of hydrogen-bond donors (Lipinski definition) is 3. The fourth-order valence-corrected chi connectivity index (χ4v) is 4.40. The first kappa shape index (κ1) is 25.1. The van der Waals surface area contributed by atoms with E-state index in [-0.39, 0.29) is 4.90 Å². The number of ether oxygens (including phenoxy) is 3. The summed E-state index contributed by atoms with van der Waals surface area (Å²) in [5.74, 6) is 2.00. The van der Waals surface area contributed by atoms with Gasteiger partial charge in [0.1, 0.15) is 5.75 Å². The molecule has 0 fully saturated rings. The second-order valence-corrected chi connectivity index (χ2v) is 9.27. The topological polar surface area (TPSA) is 97.9 Å². The van der Waals surface area contributed by atoms with Crippen LogP contribution in [0.1, 0.15) is 5.56 Å². The second-order valence-electron chi connectivity index (χ2n) is 7.18. The van der Waals surface area contributed by atoms with Crippen LogP contribution in [0.4, 0.5) is 11.4 Å². The first-order valence-electron chi connectivity index (χ1n) is 10.4. The van der Waals surface area contributed by atoms with Crippen molar-refractivity contribution in [3.05, 3.63) is 72.3 Å². The zero-order chi connectivity index (χ0) is 24.6. The predicted octanol–water partition coefficient (Wildman–Crippen LogP) is 4.04. The van der Waals surface area contributed by atoms with Crippen molar-refractivity contribution in [2.45, 2.75) is 11.3 Å². The van der Waals surface area contributed by atoms with Crippen LogP contribution in [0.25, 0.3) is 0 Å². The second kappa shape index (κ2) is 11.6. The highest BCUT2D eigenvalue weighted by molar-refractivity contribution is 7.92. The maximum atomic E-state index is 12.6. The molecule has 0 amide bonds. The summed E-state index contributed by atoms with van der Waals surface area (Å²) in [6.07, 6.45) is 0.733. The van der Waals surface area contributed by atoms with Gasteiger partial charge in [-0.3, -0.25) is 4.72 Å². The third-order valence-electron chi connectivity index (χ3n) is 4.91. The molecule has 0 radical (unpaired) electrons. The molecule has 0 unspecified atom stereocenters. The van der Waals surface area contributed by atoms with E-state index in [1.807, 2.05) is 18.2 Å². The van der Waals surface area contributed by atoms with Gasteiger partial charge in [0.25, 0.3) is 10.0 Å². The summed E-state index contributed by atoms with van der Waals surface area (Å²) in [6.45, 7) is 0.611. The van der Waals surface area contributed by atoms with Crippen LogP contribution < -0.4 is 29.6 Å². The first-order valence-corrected chi connectivity index (χ1v) is 12.3. The van der Waals surface area contributed by atoms with Gasteiger partial charge < -0.3 is 24.8 Å². The number of sulfonamides is 1. The normalized spacial score (nSPS) is 10.8. The smallest absolute Gasteiger partial charge is 0.261 e. The van der Waals surface area contributed by atoms with Gasteiger partial charge in [0.05, 0.1) is 26.2 Å². The number of nitrogens with one attached hydrogen (secondary N) is 3. The third-order valence-corrected chi connectivity index (χ3v) is 6.56. The highest BCUT2D eigenvalue weighted by Crippen LogP contribution is 2.27. The van der Waals surface area contributed by atoms with Gasteiger partial charge in [0.15, 0.2) is 16.6 Å². The Kier molecular flexibility index (Phi) is 8.55. The molecule has 3 aromatic carbocycles. The van der Waals surface area contributed by atoms with E-state index in [0.717, 1.165) is 12.0 Å². The first-order chi connectivity index (χ1) is 16.3. The molecule has 10 heteroatoms. The van der Waals surface area contributed by atoms with E-state index in [2.05, 4.69) is 15.4 Å². The Bertz CT molecular complexity index is 1210. The van der Waals surface area contributed by atoms with Crippen molar-refractivity contribution >= 4 is 38.7 Å². The van der Waals surface area contributed by atoms with E-state index in [1.54, 1.807) is 57.7 Å². The Balaban J connectivity index is 1.52. The maximum Gasteiger partial charge on any atom is 0.261 e. The van der Waals surface area contributed by atoms with Crippen molar-refractivity contribution in [2.75, 3.05) is 37.9 Å². The number of methoxy groups -OCH3 is 3. The van der Waals surface area contributed by atoms with Crippen LogP contribution in [0.15, 0.2) is 71.6 Å². The number of thiocarbonyl (C=S) groups is 1. The van der Waals surface area contributed by atoms with E-state index in [1.165, 1.54) is 12.1 Å². The van der Waals surface area contributed by atoms with Gasteiger partial charge in [-0.25, -0.2) is 8.42 Å². The van der Waals surface area contributed by atoms with Gasteiger partial charge in [-0.1, -0.05) is 6.07 Å². The molecule has 3 N–H and O–H groups in total. The van der Waals surface area contributed by atoms with Gasteiger partial charge in [0, 0.05) is 17.9 Å². The molecule has 0 atom stereocenters. The summed E-state index contributed by atoms with van der Waals surface area (Å²) in [4.78, 5) is 0.140. The minimum absolute atomic E-state index is 0.140. The third kappa shape index (κ3) is 6.75. The van der Waals surface area contributed by atoms with Crippen LogP contribution in [0.2, 0.25) is 0 Å². The zero-order valence-electron chi connectivity index (χ0n) is 19.1. The summed E-state index contributed by atoms with van der Waals surface area (Å²) >= 11 is 5.35. The molecule has 3 rings (SSSR count). The van der Waals surface area contributed by atoms with E-state index in [9.17, 15) is 8.42 Å². The molecule has 180 valence electrons. The van der Waals surface area contributed by atoms with Crippen LogP contribution in [-0.4, -0.2) is 41.4 Å². The van der Waals surface area contributed by atoms with Gasteiger partial charge in [-0.15, -0.1) is 0 Å². The lowest BCUT2D eigenvalue weighted by molar-refractivity contribution is 0.354. The van der Waals surface area contributed by atoms with Crippen molar-refractivity contribution in [1.29, 1.82) is 0 Å². The van der Waals surface area contributed by atoms with Crippen LogP contribution in [0.5, 0.6) is 17.2 Å². The average molecular weight is 502 g/mol. The lowest BCUT2D eigenvalue weighted by Gasteiger charge is -2.13. The molecule has 0 aliphatic rings. The van der Waals surface area contributed by atoms with Crippen molar-refractivity contribution in [3.63, 3.8) is 0 Å². The number of anilines is 2. The molecular weight excluding hydrogens is 474 g/mol. The molecule has 0 saturated heterocycles. The minimum Gasteiger partial charge on any atom is -0.497 e. The molecule has 0 saturated carbocycles. The summed E-state index contributed by atoms with van der Waals surface area (Å²) in [5.41, 5.74) is 2.20. The molecule has 8 nitrogen and oxygen atoms in total. The molecular formula is C24H27N3O5S2. The summed E-state index contributed by atoms with van der Waals surface area (Å²) < 4.78 is 43.5. The summed E-state index contributed by atoms with van der Waals surface area (Å²) in [5, 5.41) is 6.63. The molecule has 0 aliphatic carbocycles. The molecule has 0 spiro atoms. The largest absolute Gasteiger partial charge is 0.497 e. The molecule has 3 aromatic rings. The Morgan fingerprint density at radius 3 is 2.09 bits per heavy atom. The average Bonchev–Trinajstić information content (AvgIpc) is 2.84. The van der Waals surface area contributed by atoms with E-state index >= 15 is 0 Å². The molecule has 0 bridgehead atoms.